The number of hydrogen-bond donors (Lipinski definition) is 2. The van der Waals surface area contributed by atoms with E-state index < -0.39 is 12.8 Å². The molecular formula is C13H20BrO3P. The molecule has 0 aliphatic carbocycles. The van der Waals surface area contributed by atoms with E-state index in [1.165, 1.54) is 0 Å². The summed E-state index contributed by atoms with van der Waals surface area (Å²) in [5.74, 6) is 0. The molecule has 0 unspecified atom stereocenters. The molecule has 1 aromatic carbocycles. The molecule has 0 amide bonds. The minimum absolute atomic E-state index is 0.428. The van der Waals surface area contributed by atoms with E-state index in [9.17, 15) is 14.4 Å². The normalized spacial score (nSPS) is 12.8. The maximum Gasteiger partial charge on any atom is 0.335 e. The van der Waals surface area contributed by atoms with E-state index in [2.05, 4.69) is 15.9 Å². The summed E-state index contributed by atoms with van der Waals surface area (Å²) in [5, 5.41) is -1.07. The van der Waals surface area contributed by atoms with Gasteiger partial charge < -0.3 is 9.79 Å². The van der Waals surface area contributed by atoms with Crippen LogP contribution in [0.5, 0.6) is 0 Å². The summed E-state index contributed by atoms with van der Waals surface area (Å²) in [7, 11) is -4.21. The first-order valence-corrected chi connectivity index (χ1v) is 8.58. The molecule has 0 bridgehead atoms. The fourth-order valence-electron chi connectivity index (χ4n) is 2.55. The van der Waals surface area contributed by atoms with Gasteiger partial charge in [-0.15, -0.1) is 0 Å². The largest absolute Gasteiger partial charge is 0.335 e. The highest BCUT2D eigenvalue weighted by molar-refractivity contribution is 9.10. The maximum atomic E-state index is 12.0. The minimum atomic E-state index is -4.21. The molecule has 18 heavy (non-hydrogen) atoms. The number of rotatable bonds is 5. The van der Waals surface area contributed by atoms with Crippen LogP contribution in [0.15, 0.2) is 22.7 Å². The number of hydrogen-bond acceptors (Lipinski definition) is 1. The lowest BCUT2D eigenvalue weighted by molar-refractivity contribution is 0.314. The molecule has 0 fully saturated rings. The van der Waals surface area contributed by atoms with Crippen LogP contribution in [0.4, 0.5) is 0 Å². The average molecular weight is 335 g/mol. The Morgan fingerprint density at radius 3 is 2.17 bits per heavy atom. The molecule has 2 N–H and O–H groups in total. The third-order valence-electron chi connectivity index (χ3n) is 3.70. The van der Waals surface area contributed by atoms with Crippen molar-refractivity contribution in [2.75, 3.05) is 0 Å². The quantitative estimate of drug-likeness (QED) is 0.793. The third-order valence-corrected chi connectivity index (χ3v) is 6.43. The molecule has 1 aromatic rings. The van der Waals surface area contributed by atoms with Crippen molar-refractivity contribution in [3.05, 3.63) is 33.8 Å². The van der Waals surface area contributed by atoms with Crippen LogP contribution in [0.2, 0.25) is 0 Å². The average Bonchev–Trinajstić information content (AvgIpc) is 2.29. The Balaban J connectivity index is 3.59. The maximum absolute atomic E-state index is 12.0. The lowest BCUT2D eigenvalue weighted by atomic mass is 9.88. The van der Waals surface area contributed by atoms with Crippen LogP contribution in [0.3, 0.4) is 0 Å². The zero-order valence-electron chi connectivity index (χ0n) is 11.0. The zero-order valence-corrected chi connectivity index (χ0v) is 13.5. The Hall–Kier alpha value is -0.150. The molecular weight excluding hydrogens is 315 g/mol. The summed E-state index contributed by atoms with van der Waals surface area (Å²) in [6.45, 7) is 5.67. The van der Waals surface area contributed by atoms with Gasteiger partial charge in [0.15, 0.2) is 0 Å². The smallest absolute Gasteiger partial charge is 0.324 e. The molecule has 0 aromatic heterocycles. The van der Waals surface area contributed by atoms with E-state index in [1.807, 2.05) is 39.0 Å². The summed E-state index contributed by atoms with van der Waals surface area (Å²) in [6.07, 6.45) is 1.60. The second-order valence-electron chi connectivity index (χ2n) is 4.40. The molecule has 0 spiro atoms. The van der Waals surface area contributed by atoms with E-state index >= 15 is 0 Å². The summed E-state index contributed by atoms with van der Waals surface area (Å²) in [4.78, 5) is 19.6. The first kappa shape index (κ1) is 15.9. The lowest BCUT2D eigenvalue weighted by Gasteiger charge is -2.34. The van der Waals surface area contributed by atoms with Crippen molar-refractivity contribution in [1.82, 2.24) is 0 Å². The number of halogens is 1. The van der Waals surface area contributed by atoms with Gasteiger partial charge in [0.05, 0.1) is 5.16 Å². The van der Waals surface area contributed by atoms with E-state index in [0.717, 1.165) is 22.0 Å². The van der Waals surface area contributed by atoms with E-state index in [-0.39, 0.29) is 0 Å². The predicted octanol–water partition coefficient (Wildman–Crippen LogP) is 4.20. The van der Waals surface area contributed by atoms with Gasteiger partial charge in [-0.2, -0.15) is 0 Å². The first-order valence-electron chi connectivity index (χ1n) is 6.17. The standard InChI is InChI=1S/C13H20BrO3P/c1-4-10-11(8-7-9-12(10)14)13(5-2,6-3)18(15,16)17/h7-9H,4-6H2,1-3H3,(H2,15,16,17). The van der Waals surface area contributed by atoms with Gasteiger partial charge in [-0.25, -0.2) is 0 Å². The molecule has 102 valence electrons. The second kappa shape index (κ2) is 5.87. The predicted molar refractivity (Wildman–Crippen MR) is 77.8 cm³/mol. The lowest BCUT2D eigenvalue weighted by Crippen LogP contribution is -2.26. The van der Waals surface area contributed by atoms with Gasteiger partial charge in [-0.3, -0.25) is 4.57 Å². The van der Waals surface area contributed by atoms with Crippen molar-refractivity contribution < 1.29 is 14.4 Å². The van der Waals surface area contributed by atoms with Crippen molar-refractivity contribution in [3.63, 3.8) is 0 Å². The van der Waals surface area contributed by atoms with Crippen molar-refractivity contribution in [3.8, 4) is 0 Å². The first-order chi connectivity index (χ1) is 8.34. The minimum Gasteiger partial charge on any atom is -0.324 e. The Labute approximate surface area is 117 Å². The van der Waals surface area contributed by atoms with Gasteiger partial charge in [0.25, 0.3) is 0 Å². The molecule has 0 atom stereocenters. The highest BCUT2D eigenvalue weighted by atomic mass is 79.9. The third kappa shape index (κ3) is 2.57. The summed E-state index contributed by atoms with van der Waals surface area (Å²) in [5.41, 5.74) is 1.77. The fourth-order valence-corrected chi connectivity index (χ4v) is 4.55. The van der Waals surface area contributed by atoms with Gasteiger partial charge in [0.1, 0.15) is 0 Å². The fraction of sp³-hybridized carbons (Fsp3) is 0.538. The van der Waals surface area contributed by atoms with E-state index in [1.54, 1.807) is 0 Å². The van der Waals surface area contributed by atoms with E-state index in [0.29, 0.717) is 12.8 Å². The SMILES string of the molecule is CCc1c(Br)cccc1C(CC)(CC)P(=O)(O)O. The Kier molecular flexibility index (Phi) is 5.19. The highest BCUT2D eigenvalue weighted by Gasteiger charge is 2.46. The van der Waals surface area contributed by atoms with Crippen molar-refractivity contribution in [2.24, 2.45) is 0 Å². The molecule has 5 heteroatoms. The van der Waals surface area contributed by atoms with Crippen molar-refractivity contribution in [1.29, 1.82) is 0 Å². The van der Waals surface area contributed by atoms with Gasteiger partial charge in [0.2, 0.25) is 0 Å². The number of benzene rings is 1. The van der Waals surface area contributed by atoms with E-state index in [4.69, 9.17) is 0 Å². The van der Waals surface area contributed by atoms with Crippen LogP contribution in [0.1, 0.15) is 44.7 Å². The van der Waals surface area contributed by atoms with Crippen LogP contribution in [-0.4, -0.2) is 9.79 Å². The Bertz CT molecular complexity index is 463. The van der Waals surface area contributed by atoms with Crippen LogP contribution >= 0.6 is 23.5 Å². The molecule has 1 rings (SSSR count). The topological polar surface area (TPSA) is 57.5 Å². The van der Waals surface area contributed by atoms with Crippen LogP contribution in [0, 0.1) is 0 Å². The molecule has 0 aliphatic rings. The van der Waals surface area contributed by atoms with Crippen LogP contribution < -0.4 is 0 Å². The molecule has 3 nitrogen and oxygen atoms in total. The van der Waals surface area contributed by atoms with Crippen molar-refractivity contribution >= 4 is 23.5 Å². The van der Waals surface area contributed by atoms with Gasteiger partial charge in [0, 0.05) is 4.47 Å². The molecule has 0 saturated carbocycles. The van der Waals surface area contributed by atoms with Crippen molar-refractivity contribution in [2.45, 2.75) is 45.2 Å². The molecule has 0 radical (unpaired) electrons. The molecule has 0 aliphatic heterocycles. The second-order valence-corrected chi connectivity index (χ2v) is 7.20. The summed E-state index contributed by atoms with van der Waals surface area (Å²) in [6, 6.07) is 5.60. The Morgan fingerprint density at radius 1 is 1.22 bits per heavy atom. The van der Waals surface area contributed by atoms with Gasteiger partial charge >= 0.3 is 7.60 Å². The summed E-state index contributed by atoms with van der Waals surface area (Å²) >= 11 is 3.47. The summed E-state index contributed by atoms with van der Waals surface area (Å²) < 4.78 is 12.9. The van der Waals surface area contributed by atoms with Gasteiger partial charge in [-0.05, 0) is 36.5 Å². The molecule has 0 heterocycles. The van der Waals surface area contributed by atoms with Crippen LogP contribution in [-0.2, 0) is 16.1 Å². The zero-order chi connectivity index (χ0) is 14.0. The van der Waals surface area contributed by atoms with Crippen LogP contribution in [0.25, 0.3) is 0 Å². The molecule has 0 saturated heterocycles. The van der Waals surface area contributed by atoms with Gasteiger partial charge in [-0.1, -0.05) is 48.8 Å². The highest BCUT2D eigenvalue weighted by Crippen LogP contribution is 2.61. The monoisotopic (exact) mass is 334 g/mol. The Morgan fingerprint density at radius 2 is 1.78 bits per heavy atom.